The lowest BCUT2D eigenvalue weighted by atomic mass is 10.1. The molecule has 1 unspecified atom stereocenters. The minimum Gasteiger partial charge on any atom is -0.490 e. The number of hydrogen-bond donors (Lipinski definition) is 3. The molecule has 3 N–H and O–H groups in total. The molecule has 0 bridgehead atoms. The molecule has 0 fully saturated rings. The maximum atomic E-state index is 12.2. The Labute approximate surface area is 191 Å². The zero-order valence-corrected chi connectivity index (χ0v) is 19.8. The zero-order chi connectivity index (χ0) is 23.3. The molecule has 0 aliphatic rings. The van der Waals surface area contributed by atoms with Crippen LogP contribution in [0.1, 0.15) is 61.6 Å². The van der Waals surface area contributed by atoms with Gasteiger partial charge < -0.3 is 25.4 Å². The van der Waals surface area contributed by atoms with Crippen molar-refractivity contribution >= 4 is 11.9 Å². The fourth-order valence-electron chi connectivity index (χ4n) is 3.17. The van der Waals surface area contributed by atoms with E-state index >= 15 is 0 Å². The molecule has 2 aromatic carbocycles. The first-order valence-electron chi connectivity index (χ1n) is 11.3. The number of amides is 1. The van der Waals surface area contributed by atoms with Gasteiger partial charge >= 0.3 is 0 Å². The van der Waals surface area contributed by atoms with Gasteiger partial charge in [0, 0.05) is 25.7 Å². The summed E-state index contributed by atoms with van der Waals surface area (Å²) in [5.41, 5.74) is 2.73. The van der Waals surface area contributed by atoms with Crippen molar-refractivity contribution in [3.63, 3.8) is 0 Å². The Hall–Kier alpha value is -3.22. The maximum Gasteiger partial charge on any atom is 0.251 e. The topological polar surface area (TPSA) is 84.0 Å². The van der Waals surface area contributed by atoms with Crippen molar-refractivity contribution in [2.75, 3.05) is 26.8 Å². The van der Waals surface area contributed by atoms with Gasteiger partial charge in [0.2, 0.25) is 0 Å². The van der Waals surface area contributed by atoms with E-state index in [-0.39, 0.29) is 11.9 Å². The number of benzene rings is 2. The summed E-state index contributed by atoms with van der Waals surface area (Å²) in [5, 5.41) is 9.63. The van der Waals surface area contributed by atoms with Crippen LogP contribution in [0.15, 0.2) is 47.5 Å². The average Bonchev–Trinajstić information content (AvgIpc) is 2.81. The number of carbonyl (C=O) groups is 1. The lowest BCUT2D eigenvalue weighted by molar-refractivity contribution is 0.0953. The summed E-state index contributed by atoms with van der Waals surface area (Å²) in [7, 11) is 1.74. The van der Waals surface area contributed by atoms with E-state index in [1.54, 1.807) is 7.05 Å². The molecule has 0 spiro atoms. The van der Waals surface area contributed by atoms with E-state index in [2.05, 4.69) is 27.9 Å². The molecule has 0 heterocycles. The Morgan fingerprint density at radius 1 is 1.00 bits per heavy atom. The SMILES string of the molecule is CCCNC(=O)c1cccc(CNC(=NC)NC(C)c2ccc(OCC)c(OCC)c2)c1. The normalized spacial score (nSPS) is 12.1. The summed E-state index contributed by atoms with van der Waals surface area (Å²) in [6.07, 6.45) is 0.910. The molecule has 0 aliphatic carbocycles. The molecule has 0 aromatic heterocycles. The summed E-state index contributed by atoms with van der Waals surface area (Å²) in [4.78, 5) is 16.5. The van der Waals surface area contributed by atoms with E-state index in [4.69, 9.17) is 9.47 Å². The number of nitrogens with zero attached hydrogens (tertiary/aromatic N) is 1. The van der Waals surface area contributed by atoms with Crippen molar-refractivity contribution in [1.82, 2.24) is 16.0 Å². The highest BCUT2D eigenvalue weighted by Crippen LogP contribution is 2.30. The van der Waals surface area contributed by atoms with Gasteiger partial charge in [-0.15, -0.1) is 0 Å². The van der Waals surface area contributed by atoms with Crippen LogP contribution in [-0.4, -0.2) is 38.7 Å². The van der Waals surface area contributed by atoms with Gasteiger partial charge in [0.15, 0.2) is 17.5 Å². The van der Waals surface area contributed by atoms with Crippen LogP contribution in [-0.2, 0) is 6.54 Å². The van der Waals surface area contributed by atoms with Gasteiger partial charge in [0.05, 0.1) is 19.3 Å². The molecule has 1 atom stereocenters. The average molecular weight is 441 g/mol. The third-order valence-electron chi connectivity index (χ3n) is 4.83. The van der Waals surface area contributed by atoms with Crippen molar-refractivity contribution in [3.05, 3.63) is 59.2 Å². The standard InChI is InChI=1S/C25H36N4O3/c1-6-14-27-24(30)21-11-9-10-19(15-21)17-28-25(26-5)29-18(4)20-12-13-22(31-7-2)23(16-20)32-8-3/h9-13,15-16,18H,6-8,14,17H2,1-5H3,(H,27,30)(H2,26,28,29). The quantitative estimate of drug-likeness (QED) is 0.363. The lowest BCUT2D eigenvalue weighted by Gasteiger charge is -2.20. The minimum absolute atomic E-state index is 0.00207. The number of hydrogen-bond acceptors (Lipinski definition) is 4. The molecule has 7 heteroatoms. The van der Waals surface area contributed by atoms with Crippen molar-refractivity contribution in [2.24, 2.45) is 4.99 Å². The van der Waals surface area contributed by atoms with E-state index in [0.29, 0.717) is 37.8 Å². The number of carbonyl (C=O) groups excluding carboxylic acids is 1. The Morgan fingerprint density at radius 3 is 2.44 bits per heavy atom. The molecular formula is C25H36N4O3. The number of rotatable bonds is 11. The largest absolute Gasteiger partial charge is 0.490 e. The van der Waals surface area contributed by atoms with E-state index < -0.39 is 0 Å². The van der Waals surface area contributed by atoms with Crippen molar-refractivity contribution in [1.29, 1.82) is 0 Å². The highest BCUT2D eigenvalue weighted by Gasteiger charge is 2.13. The fourth-order valence-corrected chi connectivity index (χ4v) is 3.17. The Bertz CT molecular complexity index is 899. The maximum absolute atomic E-state index is 12.2. The molecule has 174 valence electrons. The first kappa shape index (κ1) is 25.0. The molecule has 32 heavy (non-hydrogen) atoms. The van der Waals surface area contributed by atoms with Crippen LogP contribution < -0.4 is 25.4 Å². The van der Waals surface area contributed by atoms with E-state index in [1.165, 1.54) is 0 Å². The fraction of sp³-hybridized carbons (Fsp3) is 0.440. The van der Waals surface area contributed by atoms with Crippen LogP contribution in [0.5, 0.6) is 11.5 Å². The molecule has 0 saturated carbocycles. The number of nitrogens with one attached hydrogen (secondary N) is 3. The first-order valence-corrected chi connectivity index (χ1v) is 11.3. The molecule has 0 aliphatic heterocycles. The van der Waals surface area contributed by atoms with E-state index in [1.807, 2.05) is 63.2 Å². The van der Waals surface area contributed by atoms with Gasteiger partial charge in [-0.1, -0.05) is 25.1 Å². The summed E-state index contributed by atoms with van der Waals surface area (Å²) >= 11 is 0. The minimum atomic E-state index is -0.0505. The third kappa shape index (κ3) is 7.48. The van der Waals surface area contributed by atoms with Gasteiger partial charge in [-0.25, -0.2) is 0 Å². The van der Waals surface area contributed by atoms with Gasteiger partial charge in [-0.05, 0) is 62.6 Å². The summed E-state index contributed by atoms with van der Waals surface area (Å²) in [5.74, 6) is 2.10. The summed E-state index contributed by atoms with van der Waals surface area (Å²) in [6, 6.07) is 13.6. The van der Waals surface area contributed by atoms with Gasteiger partial charge in [-0.3, -0.25) is 9.79 Å². The Morgan fingerprint density at radius 2 is 1.75 bits per heavy atom. The first-order chi connectivity index (χ1) is 15.5. The number of ether oxygens (including phenoxy) is 2. The molecule has 0 radical (unpaired) electrons. The monoisotopic (exact) mass is 440 g/mol. The van der Waals surface area contributed by atoms with Crippen LogP contribution in [0.2, 0.25) is 0 Å². The van der Waals surface area contributed by atoms with Crippen LogP contribution in [0.25, 0.3) is 0 Å². The zero-order valence-electron chi connectivity index (χ0n) is 19.8. The third-order valence-corrected chi connectivity index (χ3v) is 4.83. The van der Waals surface area contributed by atoms with Crippen LogP contribution in [0.4, 0.5) is 0 Å². The van der Waals surface area contributed by atoms with Crippen molar-refractivity contribution in [3.8, 4) is 11.5 Å². The second-order valence-electron chi connectivity index (χ2n) is 7.32. The van der Waals surface area contributed by atoms with Crippen LogP contribution >= 0.6 is 0 Å². The molecule has 7 nitrogen and oxygen atoms in total. The molecule has 1 amide bonds. The van der Waals surface area contributed by atoms with Crippen molar-refractivity contribution in [2.45, 2.75) is 46.7 Å². The van der Waals surface area contributed by atoms with Crippen LogP contribution in [0, 0.1) is 0 Å². The predicted molar refractivity (Wildman–Crippen MR) is 130 cm³/mol. The van der Waals surface area contributed by atoms with E-state index in [0.717, 1.165) is 29.0 Å². The van der Waals surface area contributed by atoms with Gasteiger partial charge in [0.1, 0.15) is 0 Å². The molecule has 0 saturated heterocycles. The van der Waals surface area contributed by atoms with Crippen molar-refractivity contribution < 1.29 is 14.3 Å². The smallest absolute Gasteiger partial charge is 0.251 e. The summed E-state index contributed by atoms with van der Waals surface area (Å²) in [6.45, 7) is 10.4. The second-order valence-corrected chi connectivity index (χ2v) is 7.32. The van der Waals surface area contributed by atoms with Gasteiger partial charge in [0.25, 0.3) is 5.91 Å². The Kier molecular flexibility index (Phi) is 10.4. The number of guanidine groups is 1. The summed E-state index contributed by atoms with van der Waals surface area (Å²) < 4.78 is 11.4. The van der Waals surface area contributed by atoms with Gasteiger partial charge in [-0.2, -0.15) is 0 Å². The van der Waals surface area contributed by atoms with E-state index in [9.17, 15) is 4.79 Å². The van der Waals surface area contributed by atoms with Crippen LogP contribution in [0.3, 0.4) is 0 Å². The number of aliphatic imine (C=N–C) groups is 1. The molecule has 2 rings (SSSR count). The molecular weight excluding hydrogens is 404 g/mol. The Balaban J connectivity index is 2.01. The predicted octanol–water partition coefficient (Wildman–Crippen LogP) is 4.05. The lowest BCUT2D eigenvalue weighted by Crippen LogP contribution is -2.38. The highest BCUT2D eigenvalue weighted by molar-refractivity contribution is 5.94. The molecule has 2 aromatic rings. The highest BCUT2D eigenvalue weighted by atomic mass is 16.5. The second kappa shape index (κ2) is 13.2.